The molecule has 0 spiro atoms. The van der Waals surface area contributed by atoms with Crippen molar-refractivity contribution < 1.29 is 14.7 Å². The summed E-state index contributed by atoms with van der Waals surface area (Å²) in [6.07, 6.45) is 0. The molecule has 1 aliphatic heterocycles. The molecule has 1 aromatic carbocycles. The van der Waals surface area contributed by atoms with Gasteiger partial charge in [0.2, 0.25) is 5.91 Å². The van der Waals surface area contributed by atoms with E-state index in [1.54, 1.807) is 4.90 Å². The summed E-state index contributed by atoms with van der Waals surface area (Å²) in [5.41, 5.74) is 1.79. The van der Waals surface area contributed by atoms with Gasteiger partial charge in [0.25, 0.3) is 0 Å². The molecule has 2 heterocycles. The number of H-pyrrole nitrogens is 1. The third-order valence-electron chi connectivity index (χ3n) is 7.07. The second-order valence-electron chi connectivity index (χ2n) is 10.5. The summed E-state index contributed by atoms with van der Waals surface area (Å²) in [5, 5.41) is 22.7. The Bertz CT molecular complexity index is 995. The van der Waals surface area contributed by atoms with E-state index in [1.165, 1.54) is 0 Å². The van der Waals surface area contributed by atoms with E-state index in [0.29, 0.717) is 12.4 Å². The molecule has 4 N–H and O–H groups in total. The fourth-order valence-electron chi connectivity index (χ4n) is 3.70. The number of benzene rings is 1. The summed E-state index contributed by atoms with van der Waals surface area (Å²) < 4.78 is 0. The Labute approximate surface area is 190 Å². The molecule has 0 unspecified atom stereocenters. The van der Waals surface area contributed by atoms with Crippen molar-refractivity contribution in [2.45, 2.75) is 70.5 Å². The molecule has 32 heavy (non-hydrogen) atoms. The van der Waals surface area contributed by atoms with Crippen molar-refractivity contribution in [2.24, 2.45) is 0 Å². The van der Waals surface area contributed by atoms with E-state index in [0.717, 1.165) is 16.8 Å². The van der Waals surface area contributed by atoms with Gasteiger partial charge >= 0.3 is 6.03 Å². The molecule has 3 rings (SSSR count). The number of carbonyl (C=O) groups is 2. The normalized spacial score (nSPS) is 16.4. The number of nitrogens with one attached hydrogen (secondary N) is 3. The van der Waals surface area contributed by atoms with Crippen LogP contribution >= 0.6 is 0 Å². The fraction of sp³-hybridized carbons (Fsp3) is 0.522. The topological polar surface area (TPSA) is 110 Å². The third kappa shape index (κ3) is 4.19. The zero-order valence-electron chi connectivity index (χ0n) is 20.0. The number of aromatic nitrogens is 2. The van der Waals surface area contributed by atoms with Crippen LogP contribution in [-0.2, 0) is 16.9 Å². The van der Waals surface area contributed by atoms with Crippen LogP contribution in [0.25, 0.3) is 0 Å². The number of rotatable bonds is 6. The van der Waals surface area contributed by atoms with Gasteiger partial charge in [-0.2, -0.15) is 5.10 Å². The number of aliphatic hydroxyl groups excluding tert-OH is 1. The maximum atomic E-state index is 13.2. The lowest BCUT2D eigenvalue weighted by molar-refractivity contribution is -0.118. The standard InChI is InChI=1S/C23H35N5O3Si/c1-22(2)18-16(19(27-26-18)25-20(30)23(3,4)32(5,6)7)13-28(22)21(31)24-17(14-29)15-11-9-8-10-12-15/h8-12,17,29H,13-14H2,1-7H3,(H,24,31)(H2,25,26,27,30)/t17-/m1/s1. The van der Waals surface area contributed by atoms with Gasteiger partial charge in [-0.05, 0) is 19.4 Å². The average Bonchev–Trinajstić information content (AvgIpc) is 3.24. The number of hydrogen-bond donors (Lipinski definition) is 4. The van der Waals surface area contributed by atoms with Crippen LogP contribution < -0.4 is 10.6 Å². The maximum Gasteiger partial charge on any atom is 0.319 e. The molecule has 0 saturated heterocycles. The van der Waals surface area contributed by atoms with Crippen molar-refractivity contribution in [3.05, 3.63) is 47.2 Å². The molecule has 1 atom stereocenters. The Kier molecular flexibility index (Phi) is 6.27. The van der Waals surface area contributed by atoms with Crippen LogP contribution in [0.4, 0.5) is 10.6 Å². The second-order valence-corrected chi connectivity index (χ2v) is 16.2. The lowest BCUT2D eigenvalue weighted by Gasteiger charge is -2.35. The summed E-state index contributed by atoms with van der Waals surface area (Å²) in [5.74, 6) is 0.414. The Hall–Kier alpha value is -2.65. The number of amides is 3. The summed E-state index contributed by atoms with van der Waals surface area (Å²) in [7, 11) is -1.77. The molecule has 1 aromatic heterocycles. The number of aromatic amines is 1. The van der Waals surface area contributed by atoms with Gasteiger partial charge in [-0.15, -0.1) is 0 Å². The number of carbonyl (C=O) groups excluding carboxylic acids is 2. The van der Waals surface area contributed by atoms with Gasteiger partial charge in [0, 0.05) is 10.6 Å². The van der Waals surface area contributed by atoms with Crippen molar-refractivity contribution >= 4 is 25.8 Å². The Morgan fingerprint density at radius 3 is 2.44 bits per heavy atom. The predicted octanol–water partition coefficient (Wildman–Crippen LogP) is 3.96. The monoisotopic (exact) mass is 457 g/mol. The summed E-state index contributed by atoms with van der Waals surface area (Å²) in [4.78, 5) is 27.9. The average molecular weight is 458 g/mol. The van der Waals surface area contributed by atoms with Gasteiger partial charge in [0.1, 0.15) is 0 Å². The van der Waals surface area contributed by atoms with E-state index in [4.69, 9.17) is 0 Å². The predicted molar refractivity (Wildman–Crippen MR) is 128 cm³/mol. The van der Waals surface area contributed by atoms with E-state index >= 15 is 0 Å². The molecule has 0 bridgehead atoms. The van der Waals surface area contributed by atoms with E-state index in [2.05, 4.69) is 40.5 Å². The first-order valence-electron chi connectivity index (χ1n) is 10.9. The smallest absolute Gasteiger partial charge is 0.319 e. The minimum absolute atomic E-state index is 0.0592. The largest absolute Gasteiger partial charge is 0.394 e. The molecule has 8 nitrogen and oxygen atoms in total. The Balaban J connectivity index is 1.80. The molecule has 0 aliphatic carbocycles. The number of hydrogen-bond acceptors (Lipinski definition) is 4. The number of nitrogens with zero attached hydrogens (tertiary/aromatic N) is 2. The highest BCUT2D eigenvalue weighted by molar-refractivity contribution is 6.82. The highest BCUT2D eigenvalue weighted by Gasteiger charge is 2.46. The zero-order chi connectivity index (χ0) is 23.9. The van der Waals surface area contributed by atoms with Crippen LogP contribution in [0.3, 0.4) is 0 Å². The first-order valence-corrected chi connectivity index (χ1v) is 14.4. The molecule has 0 radical (unpaired) electrons. The fourth-order valence-corrected chi connectivity index (χ4v) is 4.44. The molecule has 2 aromatic rings. The minimum Gasteiger partial charge on any atom is -0.394 e. The zero-order valence-corrected chi connectivity index (χ0v) is 21.0. The Morgan fingerprint density at radius 2 is 1.88 bits per heavy atom. The van der Waals surface area contributed by atoms with Crippen LogP contribution in [0, 0.1) is 0 Å². The SMILES string of the molecule is CC1(C)c2[nH]nc(NC(=O)C(C)(C)[Si](C)(C)C)c2CN1C(=O)N[C@H](CO)c1ccccc1. The van der Waals surface area contributed by atoms with E-state index in [9.17, 15) is 14.7 Å². The first kappa shape index (κ1) is 24.0. The lowest BCUT2D eigenvalue weighted by atomic mass is 10.0. The van der Waals surface area contributed by atoms with E-state index in [1.807, 2.05) is 58.0 Å². The second kappa shape index (κ2) is 8.36. The highest BCUT2D eigenvalue weighted by Crippen LogP contribution is 2.42. The number of aliphatic hydroxyl groups is 1. The van der Waals surface area contributed by atoms with E-state index < -0.39 is 24.7 Å². The molecule has 3 amide bonds. The lowest BCUT2D eigenvalue weighted by Crippen LogP contribution is -2.48. The van der Waals surface area contributed by atoms with Gasteiger partial charge in [-0.3, -0.25) is 9.89 Å². The molecule has 174 valence electrons. The summed E-state index contributed by atoms with van der Waals surface area (Å²) in [6.45, 7) is 14.4. The molecular weight excluding hydrogens is 422 g/mol. The minimum atomic E-state index is -1.77. The van der Waals surface area contributed by atoms with Crippen LogP contribution in [0.2, 0.25) is 24.7 Å². The molecule has 1 aliphatic rings. The van der Waals surface area contributed by atoms with Crippen LogP contribution in [-0.4, -0.2) is 46.8 Å². The maximum absolute atomic E-state index is 13.2. The number of fused-ring (bicyclic) bond motifs is 1. The van der Waals surface area contributed by atoms with Crippen molar-refractivity contribution in [1.29, 1.82) is 0 Å². The van der Waals surface area contributed by atoms with Crippen molar-refractivity contribution in [1.82, 2.24) is 20.4 Å². The number of anilines is 1. The van der Waals surface area contributed by atoms with Gasteiger partial charge in [0.15, 0.2) is 5.82 Å². The van der Waals surface area contributed by atoms with Gasteiger partial charge in [-0.1, -0.05) is 63.8 Å². The highest BCUT2D eigenvalue weighted by atomic mass is 28.3. The quantitative estimate of drug-likeness (QED) is 0.492. The Morgan fingerprint density at radius 1 is 1.25 bits per heavy atom. The molecule has 9 heteroatoms. The van der Waals surface area contributed by atoms with Crippen LogP contribution in [0.5, 0.6) is 0 Å². The van der Waals surface area contributed by atoms with Crippen molar-refractivity contribution in [3.63, 3.8) is 0 Å². The van der Waals surface area contributed by atoms with Gasteiger partial charge in [0.05, 0.1) is 38.5 Å². The van der Waals surface area contributed by atoms with Crippen LogP contribution in [0.15, 0.2) is 30.3 Å². The van der Waals surface area contributed by atoms with Crippen molar-refractivity contribution in [3.8, 4) is 0 Å². The number of urea groups is 1. The molecule has 0 saturated carbocycles. The van der Waals surface area contributed by atoms with Crippen molar-refractivity contribution in [2.75, 3.05) is 11.9 Å². The van der Waals surface area contributed by atoms with Gasteiger partial charge in [-0.25, -0.2) is 4.79 Å². The molecule has 0 fully saturated rings. The third-order valence-corrected chi connectivity index (χ3v) is 11.0. The van der Waals surface area contributed by atoms with E-state index in [-0.39, 0.29) is 18.5 Å². The summed E-state index contributed by atoms with van der Waals surface area (Å²) >= 11 is 0. The summed E-state index contributed by atoms with van der Waals surface area (Å²) in [6, 6.07) is 8.58. The molecular formula is C23H35N5O3Si. The van der Waals surface area contributed by atoms with Gasteiger partial charge < -0.3 is 20.6 Å². The first-order chi connectivity index (χ1) is 14.8. The van der Waals surface area contributed by atoms with Crippen LogP contribution in [0.1, 0.15) is 50.6 Å².